The van der Waals surface area contributed by atoms with Crippen LogP contribution in [0.5, 0.6) is 0 Å². The summed E-state index contributed by atoms with van der Waals surface area (Å²) < 4.78 is 39.4. The van der Waals surface area contributed by atoms with Crippen molar-refractivity contribution < 1.29 is 23.2 Å². The van der Waals surface area contributed by atoms with Gasteiger partial charge in [-0.2, -0.15) is 13.2 Å². The van der Waals surface area contributed by atoms with Gasteiger partial charge < -0.3 is 10.0 Å². The summed E-state index contributed by atoms with van der Waals surface area (Å²) in [6.45, 7) is -0.692. The van der Waals surface area contributed by atoms with Crippen LogP contribution in [0.2, 0.25) is 0 Å². The number of alkyl halides is 3. The molecule has 0 saturated carbocycles. The number of aliphatic hydroxyl groups is 1. The van der Waals surface area contributed by atoms with E-state index in [1.807, 2.05) is 0 Å². The van der Waals surface area contributed by atoms with Crippen LogP contribution < -0.4 is 4.90 Å². The van der Waals surface area contributed by atoms with Crippen LogP contribution >= 0.6 is 0 Å². The van der Waals surface area contributed by atoms with Crippen molar-refractivity contribution in [3.8, 4) is 11.3 Å². The smallest absolute Gasteiger partial charge is 0.382 e. The van der Waals surface area contributed by atoms with Crippen LogP contribution in [-0.2, 0) is 6.18 Å². The summed E-state index contributed by atoms with van der Waals surface area (Å²) in [4.78, 5) is 15.5. The highest BCUT2D eigenvalue weighted by atomic mass is 19.4. The third-order valence-electron chi connectivity index (χ3n) is 3.49. The Morgan fingerprint density at radius 1 is 1.28 bits per heavy atom. The summed E-state index contributed by atoms with van der Waals surface area (Å²) in [5, 5.41) is 20.4. The van der Waals surface area contributed by atoms with Crippen LogP contribution in [0, 0.1) is 10.1 Å². The van der Waals surface area contributed by atoms with Crippen LogP contribution in [0.4, 0.5) is 19.0 Å². The molecule has 2 aromatic rings. The summed E-state index contributed by atoms with van der Waals surface area (Å²) in [6.07, 6.45) is -5.89. The van der Waals surface area contributed by atoms with Gasteiger partial charge in [-0.1, -0.05) is 18.2 Å². The van der Waals surface area contributed by atoms with Gasteiger partial charge in [-0.15, -0.1) is 0 Å². The molecule has 1 atom stereocenters. The first-order valence-electron chi connectivity index (χ1n) is 7.24. The third kappa shape index (κ3) is 4.66. The maximum absolute atomic E-state index is 13.1. The molecule has 0 spiro atoms. The van der Waals surface area contributed by atoms with Gasteiger partial charge in [0.05, 0.1) is 11.3 Å². The first-order valence-corrected chi connectivity index (χ1v) is 7.24. The number of aromatic nitrogens is 1. The molecule has 9 heteroatoms. The van der Waals surface area contributed by atoms with Crippen LogP contribution in [0.3, 0.4) is 0 Å². The van der Waals surface area contributed by atoms with Crippen molar-refractivity contribution in [1.29, 1.82) is 0 Å². The number of rotatable bonds is 5. The molecule has 0 fully saturated rings. The molecule has 0 saturated heterocycles. The lowest BCUT2D eigenvalue weighted by atomic mass is 10.0. The average Bonchev–Trinajstić information content (AvgIpc) is 2.53. The Bertz CT molecular complexity index is 779. The number of anilines is 1. The highest BCUT2D eigenvalue weighted by Gasteiger charge is 2.32. The molecule has 0 bridgehead atoms. The number of nitrogens with zero attached hydrogens (tertiary/aromatic N) is 3. The molecule has 1 N–H and O–H groups in total. The van der Waals surface area contributed by atoms with Gasteiger partial charge in [-0.25, -0.2) is 4.98 Å². The van der Waals surface area contributed by atoms with Gasteiger partial charge in [0.25, 0.3) is 0 Å². The minimum atomic E-state index is -4.54. The number of nitro groups is 1. The minimum absolute atomic E-state index is 0.0636. The number of hydrogen-bond acceptors (Lipinski definition) is 5. The zero-order valence-corrected chi connectivity index (χ0v) is 13.5. The van der Waals surface area contributed by atoms with E-state index in [1.54, 1.807) is 14.1 Å². The largest absolute Gasteiger partial charge is 0.416 e. The van der Waals surface area contributed by atoms with Crippen LogP contribution in [0.15, 0.2) is 36.4 Å². The van der Waals surface area contributed by atoms with Crippen molar-refractivity contribution in [1.82, 2.24) is 4.98 Å². The summed E-state index contributed by atoms with van der Waals surface area (Å²) in [7, 11) is 3.15. The zero-order valence-electron chi connectivity index (χ0n) is 13.5. The second kappa shape index (κ2) is 7.06. The van der Waals surface area contributed by atoms with Gasteiger partial charge in [0.15, 0.2) is 0 Å². The molecule has 1 aromatic heterocycles. The van der Waals surface area contributed by atoms with E-state index >= 15 is 0 Å². The lowest BCUT2D eigenvalue weighted by molar-refractivity contribution is -0.491. The van der Waals surface area contributed by atoms with E-state index in [0.29, 0.717) is 5.56 Å². The molecule has 0 amide bonds. The normalized spacial score (nSPS) is 12.7. The SMILES string of the molecule is CN(C)c1cc(C(F)(F)F)cc(-c2cccc(C(O)C[N+](=O)[O-])c2)n1. The number of hydrogen-bond donors (Lipinski definition) is 1. The van der Waals surface area contributed by atoms with Crippen molar-refractivity contribution in [2.24, 2.45) is 0 Å². The van der Waals surface area contributed by atoms with E-state index in [9.17, 15) is 28.4 Å². The quantitative estimate of drug-likeness (QED) is 0.658. The van der Waals surface area contributed by atoms with E-state index in [0.717, 1.165) is 12.1 Å². The fourth-order valence-electron chi connectivity index (χ4n) is 2.21. The van der Waals surface area contributed by atoms with Gasteiger partial charge in [0.2, 0.25) is 6.54 Å². The standard InChI is InChI=1S/C16H16F3N3O3/c1-21(2)15-8-12(16(17,18)19)7-13(20-15)10-4-3-5-11(6-10)14(23)9-22(24)25/h3-8,14,23H,9H2,1-2H3. The monoisotopic (exact) mass is 355 g/mol. The minimum Gasteiger partial charge on any atom is -0.382 e. The summed E-state index contributed by atoms with van der Waals surface area (Å²) in [6, 6.07) is 7.75. The molecule has 1 heterocycles. The molecule has 6 nitrogen and oxygen atoms in total. The van der Waals surface area contributed by atoms with Crippen molar-refractivity contribution in [2.45, 2.75) is 12.3 Å². The van der Waals surface area contributed by atoms with Crippen LogP contribution in [-0.4, -0.2) is 35.7 Å². The Labute approximate surface area is 141 Å². The van der Waals surface area contributed by atoms with Gasteiger partial charge in [0, 0.05) is 24.6 Å². The molecule has 2 rings (SSSR count). The molecule has 0 aliphatic carbocycles. The van der Waals surface area contributed by atoms with Crippen molar-refractivity contribution in [3.05, 3.63) is 57.6 Å². The number of benzene rings is 1. The lowest BCUT2D eigenvalue weighted by Crippen LogP contribution is -2.14. The predicted octanol–water partition coefficient (Wildman–Crippen LogP) is 3.14. The van der Waals surface area contributed by atoms with E-state index in [-0.39, 0.29) is 17.1 Å². The van der Waals surface area contributed by atoms with E-state index in [4.69, 9.17) is 0 Å². The van der Waals surface area contributed by atoms with Crippen molar-refractivity contribution >= 4 is 5.82 Å². The highest BCUT2D eigenvalue weighted by Crippen LogP contribution is 2.34. The average molecular weight is 355 g/mol. The van der Waals surface area contributed by atoms with Crippen molar-refractivity contribution in [3.63, 3.8) is 0 Å². The van der Waals surface area contributed by atoms with E-state index < -0.39 is 29.3 Å². The number of pyridine rings is 1. The Balaban J connectivity index is 2.50. The number of halogens is 3. The van der Waals surface area contributed by atoms with E-state index in [2.05, 4.69) is 4.98 Å². The zero-order chi connectivity index (χ0) is 18.8. The maximum Gasteiger partial charge on any atom is 0.416 e. The predicted molar refractivity (Wildman–Crippen MR) is 85.8 cm³/mol. The van der Waals surface area contributed by atoms with Crippen LogP contribution in [0.1, 0.15) is 17.2 Å². The van der Waals surface area contributed by atoms with Gasteiger partial charge in [-0.3, -0.25) is 10.1 Å². The molecule has 25 heavy (non-hydrogen) atoms. The Kier molecular flexibility index (Phi) is 5.27. The fraction of sp³-hybridized carbons (Fsp3) is 0.312. The summed E-state index contributed by atoms with van der Waals surface area (Å²) in [5.41, 5.74) is -0.222. The van der Waals surface area contributed by atoms with Crippen LogP contribution in [0.25, 0.3) is 11.3 Å². The molecule has 0 aliphatic heterocycles. The summed E-state index contributed by atoms with van der Waals surface area (Å²) in [5.74, 6) is 0.126. The highest BCUT2D eigenvalue weighted by molar-refractivity contribution is 5.64. The third-order valence-corrected chi connectivity index (χ3v) is 3.49. The second-order valence-corrected chi connectivity index (χ2v) is 5.65. The lowest BCUT2D eigenvalue weighted by Gasteiger charge is -2.17. The number of aliphatic hydroxyl groups excluding tert-OH is 1. The molecule has 134 valence electrons. The summed E-state index contributed by atoms with van der Waals surface area (Å²) >= 11 is 0. The Morgan fingerprint density at radius 2 is 1.96 bits per heavy atom. The molecular formula is C16H16F3N3O3. The van der Waals surface area contributed by atoms with E-state index in [1.165, 1.54) is 29.2 Å². The molecule has 0 radical (unpaired) electrons. The molecule has 0 aliphatic rings. The van der Waals surface area contributed by atoms with Crippen molar-refractivity contribution in [2.75, 3.05) is 25.5 Å². The molecular weight excluding hydrogens is 339 g/mol. The fourth-order valence-corrected chi connectivity index (χ4v) is 2.21. The topological polar surface area (TPSA) is 79.5 Å². The first-order chi connectivity index (χ1) is 11.6. The van der Waals surface area contributed by atoms with Gasteiger partial charge in [0.1, 0.15) is 11.9 Å². The maximum atomic E-state index is 13.1. The molecule has 1 unspecified atom stereocenters. The molecule has 1 aromatic carbocycles. The Hall–Kier alpha value is -2.68. The van der Waals surface area contributed by atoms with Gasteiger partial charge in [-0.05, 0) is 23.8 Å². The second-order valence-electron chi connectivity index (χ2n) is 5.65. The van der Waals surface area contributed by atoms with Gasteiger partial charge >= 0.3 is 6.18 Å². The Morgan fingerprint density at radius 3 is 2.52 bits per heavy atom. The first kappa shape index (κ1) is 18.7.